The van der Waals surface area contributed by atoms with Crippen LogP contribution in [0.3, 0.4) is 0 Å². The van der Waals surface area contributed by atoms with Crippen LogP contribution in [0, 0.1) is 6.92 Å². The Kier molecular flexibility index (Phi) is 4.26. The van der Waals surface area contributed by atoms with Crippen molar-refractivity contribution < 1.29 is 30.3 Å². The van der Waals surface area contributed by atoms with Gasteiger partial charge in [0.05, 0.1) is 25.7 Å². The molecule has 136 valence electrons. The van der Waals surface area contributed by atoms with Crippen LogP contribution >= 0.6 is 0 Å². The van der Waals surface area contributed by atoms with Crippen LogP contribution in [-0.4, -0.2) is 31.9 Å². The summed E-state index contributed by atoms with van der Waals surface area (Å²) in [6.45, 7) is 1.44. The second-order valence-electron chi connectivity index (χ2n) is 5.44. The number of aliphatic hydroxyl groups is 1. The largest absolute Gasteiger partial charge is 0.493 e. The van der Waals surface area contributed by atoms with Gasteiger partial charge in [0.15, 0.2) is 11.5 Å². The molecule has 2 rings (SSSR count). The standard InChI is InChI=1S/C21H28O4/c1-16-7-6-10-19(13-16)25-15-18(22)9-5-4-8-17-11-12-20(23-2)21(14-17)24-3/h6-7,10-14,18,22H,4-5,8-9,15H2,1-3H3/i3D3,4D2,8D2,18D. The highest BCUT2D eigenvalue weighted by Crippen LogP contribution is 2.28. The van der Waals surface area contributed by atoms with Gasteiger partial charge in [-0.1, -0.05) is 24.6 Å². The van der Waals surface area contributed by atoms with Crippen LogP contribution in [0.5, 0.6) is 17.2 Å². The second-order valence-corrected chi connectivity index (χ2v) is 5.44. The Labute approximate surface area is 161 Å². The fraction of sp³-hybridized carbons (Fsp3) is 0.429. The molecule has 0 heterocycles. The molecule has 0 spiro atoms. The van der Waals surface area contributed by atoms with Gasteiger partial charge in [0.1, 0.15) is 12.4 Å². The Morgan fingerprint density at radius 2 is 2.08 bits per heavy atom. The van der Waals surface area contributed by atoms with Crippen molar-refractivity contribution in [3.05, 3.63) is 53.6 Å². The molecule has 0 saturated carbocycles. The average Bonchev–Trinajstić information content (AvgIpc) is 2.70. The Morgan fingerprint density at radius 1 is 1.20 bits per heavy atom. The van der Waals surface area contributed by atoms with Gasteiger partial charge in [-0.05, 0) is 61.5 Å². The molecule has 1 unspecified atom stereocenters. The van der Waals surface area contributed by atoms with E-state index in [4.69, 9.17) is 25.2 Å². The summed E-state index contributed by atoms with van der Waals surface area (Å²) in [7, 11) is -1.51. The number of ether oxygens (including phenoxy) is 3. The highest BCUT2D eigenvalue weighted by atomic mass is 16.5. The lowest BCUT2D eigenvalue weighted by atomic mass is 10.0. The molecule has 0 amide bonds. The summed E-state index contributed by atoms with van der Waals surface area (Å²) in [5.74, 6) is 0.261. The van der Waals surface area contributed by atoms with Crippen LogP contribution in [0.2, 0.25) is 0 Å². The zero-order chi connectivity index (χ0) is 25.1. The molecule has 0 radical (unpaired) electrons. The van der Waals surface area contributed by atoms with Crippen molar-refractivity contribution in [2.75, 3.05) is 20.8 Å². The smallest absolute Gasteiger partial charge is 0.160 e. The molecule has 0 aliphatic heterocycles. The summed E-state index contributed by atoms with van der Waals surface area (Å²) in [6.07, 6.45) is -8.17. The summed E-state index contributed by atoms with van der Waals surface area (Å²) in [4.78, 5) is 0. The maximum atomic E-state index is 10.3. The number of benzene rings is 2. The van der Waals surface area contributed by atoms with Crippen molar-refractivity contribution in [2.24, 2.45) is 0 Å². The second kappa shape index (κ2) is 9.94. The minimum atomic E-state index is -2.81. The van der Waals surface area contributed by atoms with Gasteiger partial charge >= 0.3 is 0 Å². The van der Waals surface area contributed by atoms with E-state index in [2.05, 4.69) is 0 Å². The summed E-state index contributed by atoms with van der Waals surface area (Å²) < 4.78 is 78.5. The third kappa shape index (κ3) is 6.31. The SMILES string of the molecule is [2H]C(O)(CCC([2H])([2H])C([2H])([2H])c1ccc(OC)c(OC([2H])([2H])[2H])c1)COc1cccc(C)c1. The van der Waals surface area contributed by atoms with Crippen LogP contribution in [-0.2, 0) is 6.37 Å². The first-order valence-corrected chi connectivity index (χ1v) is 7.86. The summed E-state index contributed by atoms with van der Waals surface area (Å²) in [5, 5.41) is 10.3. The van der Waals surface area contributed by atoms with Crippen LogP contribution in [0.15, 0.2) is 42.5 Å². The van der Waals surface area contributed by atoms with Crippen LogP contribution in [0.1, 0.15) is 41.3 Å². The predicted octanol–water partition coefficient (Wildman–Crippen LogP) is 4.16. The van der Waals surface area contributed by atoms with Gasteiger partial charge in [-0.25, -0.2) is 0 Å². The van der Waals surface area contributed by atoms with Crippen molar-refractivity contribution in [1.82, 2.24) is 0 Å². The van der Waals surface area contributed by atoms with E-state index < -0.39 is 45.3 Å². The Morgan fingerprint density at radius 3 is 2.84 bits per heavy atom. The van der Waals surface area contributed by atoms with E-state index in [1.54, 1.807) is 18.2 Å². The molecule has 1 atom stereocenters. The maximum Gasteiger partial charge on any atom is 0.160 e. The molecular weight excluding hydrogens is 316 g/mol. The molecule has 2 aromatic rings. The van der Waals surface area contributed by atoms with Crippen molar-refractivity contribution in [1.29, 1.82) is 0 Å². The van der Waals surface area contributed by atoms with E-state index in [1.165, 1.54) is 19.2 Å². The van der Waals surface area contributed by atoms with Crippen LogP contribution < -0.4 is 14.2 Å². The normalized spacial score (nSPS) is 19.5. The number of aryl methyl sites for hydroxylation is 2. The molecule has 0 fully saturated rings. The van der Waals surface area contributed by atoms with Gasteiger partial charge in [0.25, 0.3) is 0 Å². The van der Waals surface area contributed by atoms with Gasteiger partial charge in [-0.2, -0.15) is 0 Å². The number of hydrogen-bond acceptors (Lipinski definition) is 4. The third-order valence-corrected chi connectivity index (χ3v) is 3.44. The van der Waals surface area contributed by atoms with E-state index >= 15 is 0 Å². The van der Waals surface area contributed by atoms with Crippen LogP contribution in [0.4, 0.5) is 0 Å². The molecular formula is C21H28O4. The number of hydrogen-bond donors (Lipinski definition) is 1. The topological polar surface area (TPSA) is 47.9 Å². The summed E-state index contributed by atoms with van der Waals surface area (Å²) >= 11 is 0. The minimum Gasteiger partial charge on any atom is -0.493 e. The van der Waals surface area contributed by atoms with Crippen molar-refractivity contribution in [3.63, 3.8) is 0 Å². The van der Waals surface area contributed by atoms with Gasteiger partial charge in [0.2, 0.25) is 0 Å². The molecule has 1 N–H and O–H groups in total. The summed E-state index contributed by atoms with van der Waals surface area (Å²) in [5.41, 5.74) is 0.768. The number of methoxy groups -OCH3 is 2. The highest BCUT2D eigenvalue weighted by molar-refractivity contribution is 5.42. The predicted molar refractivity (Wildman–Crippen MR) is 99.8 cm³/mol. The third-order valence-electron chi connectivity index (χ3n) is 3.44. The first-order valence-electron chi connectivity index (χ1n) is 11.9. The molecule has 0 saturated heterocycles. The highest BCUT2D eigenvalue weighted by Gasteiger charge is 2.07. The lowest BCUT2D eigenvalue weighted by molar-refractivity contribution is 0.0976. The lowest BCUT2D eigenvalue weighted by Gasteiger charge is -2.13. The average molecular weight is 352 g/mol. The van der Waals surface area contributed by atoms with E-state index in [-0.39, 0.29) is 17.1 Å². The van der Waals surface area contributed by atoms with E-state index in [1.807, 2.05) is 13.0 Å². The summed E-state index contributed by atoms with van der Waals surface area (Å²) in [6, 6.07) is 10.7. The lowest BCUT2D eigenvalue weighted by Crippen LogP contribution is -2.17. The molecule has 4 heteroatoms. The van der Waals surface area contributed by atoms with Gasteiger partial charge in [0, 0.05) is 5.48 Å². The molecule has 0 aliphatic rings. The van der Waals surface area contributed by atoms with Crippen LogP contribution in [0.25, 0.3) is 0 Å². The van der Waals surface area contributed by atoms with Crippen molar-refractivity contribution in [3.8, 4) is 17.2 Å². The fourth-order valence-electron chi connectivity index (χ4n) is 2.15. The molecule has 0 aliphatic carbocycles. The molecule has 0 aromatic heterocycles. The minimum absolute atomic E-state index is 0.0556. The van der Waals surface area contributed by atoms with E-state index in [0.29, 0.717) is 5.75 Å². The zero-order valence-electron chi connectivity index (χ0n) is 22.3. The quantitative estimate of drug-likeness (QED) is 0.697. The molecule has 25 heavy (non-hydrogen) atoms. The van der Waals surface area contributed by atoms with E-state index in [0.717, 1.165) is 11.6 Å². The molecule has 2 aromatic carbocycles. The first kappa shape index (κ1) is 10.7. The Balaban J connectivity index is 2.14. The first-order chi connectivity index (χ1) is 15.1. The van der Waals surface area contributed by atoms with Gasteiger partial charge in [-0.3, -0.25) is 0 Å². The monoisotopic (exact) mass is 352 g/mol. The number of rotatable bonds is 10. The fourth-order valence-corrected chi connectivity index (χ4v) is 2.15. The van der Waals surface area contributed by atoms with Crippen molar-refractivity contribution >= 4 is 0 Å². The van der Waals surface area contributed by atoms with Gasteiger partial charge < -0.3 is 19.3 Å². The van der Waals surface area contributed by atoms with E-state index in [9.17, 15) is 5.11 Å². The Hall–Kier alpha value is -2.20. The molecule has 0 bridgehead atoms. The van der Waals surface area contributed by atoms with Gasteiger partial charge in [-0.15, -0.1) is 0 Å². The van der Waals surface area contributed by atoms with Crippen molar-refractivity contribution in [2.45, 2.75) is 38.6 Å². The maximum absolute atomic E-state index is 10.3. The Bertz CT molecular complexity index is 944. The zero-order valence-corrected chi connectivity index (χ0v) is 14.3. The molecule has 4 nitrogen and oxygen atoms in total.